The molecule has 0 saturated carbocycles. The second kappa shape index (κ2) is 3.12. The first-order chi connectivity index (χ1) is 6.54. The van der Waals surface area contributed by atoms with Gasteiger partial charge in [0, 0.05) is 12.4 Å². The smallest absolute Gasteiger partial charge is 0.0661 e. The molecule has 2 heteroatoms. The number of nitrogens with zero attached hydrogens (tertiary/aromatic N) is 2. The minimum Gasteiger partial charge on any atom is -0.241 e. The van der Waals surface area contributed by atoms with Crippen molar-refractivity contribution in [2.75, 3.05) is 0 Å². The summed E-state index contributed by atoms with van der Waals surface area (Å²) in [4.78, 5) is 0. The van der Waals surface area contributed by atoms with Crippen molar-refractivity contribution in [3.05, 3.63) is 36.2 Å². The summed E-state index contributed by atoms with van der Waals surface area (Å²) in [5.74, 6) is 0. The van der Waals surface area contributed by atoms with E-state index in [0.29, 0.717) is 5.41 Å². The molecule has 0 aliphatic carbocycles. The quantitative estimate of drug-likeness (QED) is 0.672. The van der Waals surface area contributed by atoms with Crippen molar-refractivity contribution in [1.82, 2.24) is 9.61 Å². The Balaban J connectivity index is 2.35. The minimum atomic E-state index is 0.334. The Kier molecular flexibility index (Phi) is 2.06. The van der Waals surface area contributed by atoms with Gasteiger partial charge in [-0.2, -0.15) is 5.10 Å². The average molecular weight is 188 g/mol. The highest BCUT2D eigenvalue weighted by atomic mass is 15.2. The van der Waals surface area contributed by atoms with E-state index in [2.05, 4.69) is 44.2 Å². The Morgan fingerprint density at radius 3 is 2.71 bits per heavy atom. The predicted octanol–water partition coefficient (Wildman–Crippen LogP) is 2.92. The highest BCUT2D eigenvalue weighted by Gasteiger charge is 2.11. The fourth-order valence-electron chi connectivity index (χ4n) is 1.67. The second-order valence-electron chi connectivity index (χ2n) is 4.98. The maximum Gasteiger partial charge on any atom is 0.0661 e. The number of fused-ring (bicyclic) bond motifs is 1. The van der Waals surface area contributed by atoms with Gasteiger partial charge in [-0.3, -0.25) is 0 Å². The van der Waals surface area contributed by atoms with Crippen molar-refractivity contribution in [3.63, 3.8) is 0 Å². The van der Waals surface area contributed by atoms with Gasteiger partial charge >= 0.3 is 0 Å². The lowest BCUT2D eigenvalue weighted by molar-refractivity contribution is 0.410. The van der Waals surface area contributed by atoms with Crippen LogP contribution in [0.15, 0.2) is 30.6 Å². The molecule has 0 radical (unpaired) electrons. The topological polar surface area (TPSA) is 17.3 Å². The van der Waals surface area contributed by atoms with Crippen LogP contribution in [-0.4, -0.2) is 9.61 Å². The maximum absolute atomic E-state index is 4.23. The first-order valence-corrected chi connectivity index (χ1v) is 4.97. The van der Waals surface area contributed by atoms with Crippen LogP contribution >= 0.6 is 0 Å². The lowest BCUT2D eigenvalue weighted by atomic mass is 9.89. The third kappa shape index (κ3) is 1.95. The first-order valence-electron chi connectivity index (χ1n) is 4.97. The average Bonchev–Trinajstić information content (AvgIpc) is 2.47. The van der Waals surface area contributed by atoms with Gasteiger partial charge in [-0.25, -0.2) is 4.52 Å². The first kappa shape index (κ1) is 9.25. The fourth-order valence-corrected chi connectivity index (χ4v) is 1.67. The van der Waals surface area contributed by atoms with Gasteiger partial charge in [0.15, 0.2) is 0 Å². The molecule has 0 aromatic carbocycles. The van der Waals surface area contributed by atoms with Crippen molar-refractivity contribution in [3.8, 4) is 0 Å². The third-order valence-electron chi connectivity index (χ3n) is 2.19. The molecule has 0 amide bonds. The van der Waals surface area contributed by atoms with Crippen LogP contribution in [-0.2, 0) is 6.42 Å². The summed E-state index contributed by atoms with van der Waals surface area (Å²) < 4.78 is 1.93. The Hall–Kier alpha value is -1.31. The van der Waals surface area contributed by atoms with Crippen LogP contribution in [0.3, 0.4) is 0 Å². The standard InChI is InChI=1S/C12H16N2/c1-12(2,3)8-10-4-5-11-6-7-13-14(11)9-10/h4-7,9H,8H2,1-3H3. The molecule has 0 aliphatic rings. The van der Waals surface area contributed by atoms with Gasteiger partial charge in [0.05, 0.1) is 5.52 Å². The van der Waals surface area contributed by atoms with Gasteiger partial charge in [0.1, 0.15) is 0 Å². The van der Waals surface area contributed by atoms with E-state index >= 15 is 0 Å². The van der Waals surface area contributed by atoms with Crippen molar-refractivity contribution in [1.29, 1.82) is 0 Å². The second-order valence-corrected chi connectivity index (χ2v) is 4.98. The fraction of sp³-hybridized carbons (Fsp3) is 0.417. The van der Waals surface area contributed by atoms with Gasteiger partial charge in [-0.15, -0.1) is 0 Å². The Morgan fingerprint density at radius 1 is 1.21 bits per heavy atom. The van der Waals surface area contributed by atoms with Crippen molar-refractivity contribution < 1.29 is 0 Å². The van der Waals surface area contributed by atoms with Crippen LogP contribution in [0.2, 0.25) is 0 Å². The zero-order valence-corrected chi connectivity index (χ0v) is 8.99. The van der Waals surface area contributed by atoms with Gasteiger partial charge in [-0.05, 0) is 29.5 Å². The lowest BCUT2D eigenvalue weighted by Gasteiger charge is -2.17. The molecule has 0 fully saturated rings. The Bertz CT molecular complexity index is 435. The van der Waals surface area contributed by atoms with Crippen LogP contribution in [0.1, 0.15) is 26.3 Å². The monoisotopic (exact) mass is 188 g/mol. The summed E-state index contributed by atoms with van der Waals surface area (Å²) in [5, 5.41) is 4.23. The summed E-state index contributed by atoms with van der Waals surface area (Å²) in [6.07, 6.45) is 5.03. The van der Waals surface area contributed by atoms with E-state index in [1.54, 1.807) is 0 Å². The zero-order chi connectivity index (χ0) is 10.2. The SMILES string of the molecule is CC(C)(C)Cc1ccc2ccnn2c1. The summed E-state index contributed by atoms with van der Waals surface area (Å²) in [6.45, 7) is 6.75. The summed E-state index contributed by atoms with van der Waals surface area (Å²) in [5.41, 5.74) is 2.83. The highest BCUT2D eigenvalue weighted by Crippen LogP contribution is 2.20. The van der Waals surface area contributed by atoms with E-state index in [1.807, 2.05) is 16.8 Å². The van der Waals surface area contributed by atoms with E-state index in [9.17, 15) is 0 Å². The largest absolute Gasteiger partial charge is 0.241 e. The Morgan fingerprint density at radius 2 is 2.00 bits per heavy atom. The molecule has 0 bridgehead atoms. The number of hydrogen-bond acceptors (Lipinski definition) is 1. The van der Waals surface area contributed by atoms with E-state index < -0.39 is 0 Å². The van der Waals surface area contributed by atoms with Crippen LogP contribution in [0.25, 0.3) is 5.52 Å². The van der Waals surface area contributed by atoms with Gasteiger partial charge in [0.25, 0.3) is 0 Å². The van der Waals surface area contributed by atoms with E-state index in [0.717, 1.165) is 11.9 Å². The van der Waals surface area contributed by atoms with Crippen LogP contribution in [0, 0.1) is 5.41 Å². The van der Waals surface area contributed by atoms with Crippen molar-refractivity contribution >= 4 is 5.52 Å². The molecule has 0 atom stereocenters. The molecule has 14 heavy (non-hydrogen) atoms. The lowest BCUT2D eigenvalue weighted by Crippen LogP contribution is -2.09. The van der Waals surface area contributed by atoms with Crippen LogP contribution in [0.5, 0.6) is 0 Å². The molecule has 0 unspecified atom stereocenters. The third-order valence-corrected chi connectivity index (χ3v) is 2.19. The van der Waals surface area contributed by atoms with Gasteiger partial charge in [-0.1, -0.05) is 26.8 Å². The summed E-state index contributed by atoms with van der Waals surface area (Å²) >= 11 is 0. The molecule has 2 nitrogen and oxygen atoms in total. The number of pyridine rings is 1. The summed E-state index contributed by atoms with van der Waals surface area (Å²) in [7, 11) is 0. The molecule has 0 saturated heterocycles. The normalized spacial score (nSPS) is 12.2. The molecular weight excluding hydrogens is 172 g/mol. The highest BCUT2D eigenvalue weighted by molar-refractivity contribution is 5.45. The molecule has 74 valence electrons. The minimum absolute atomic E-state index is 0.334. The molecule has 0 aliphatic heterocycles. The van der Waals surface area contributed by atoms with Crippen LogP contribution in [0.4, 0.5) is 0 Å². The molecule has 2 heterocycles. The predicted molar refractivity (Wildman–Crippen MR) is 58.4 cm³/mol. The molecular formula is C12H16N2. The van der Waals surface area contributed by atoms with Gasteiger partial charge in [0.2, 0.25) is 0 Å². The van der Waals surface area contributed by atoms with Crippen molar-refractivity contribution in [2.45, 2.75) is 27.2 Å². The number of rotatable bonds is 1. The molecule has 2 rings (SSSR count). The molecule has 2 aromatic rings. The van der Waals surface area contributed by atoms with Crippen LogP contribution < -0.4 is 0 Å². The molecule has 0 spiro atoms. The molecule has 0 N–H and O–H groups in total. The number of hydrogen-bond donors (Lipinski definition) is 0. The van der Waals surface area contributed by atoms with Crippen molar-refractivity contribution in [2.24, 2.45) is 5.41 Å². The maximum atomic E-state index is 4.23. The van der Waals surface area contributed by atoms with E-state index in [1.165, 1.54) is 5.56 Å². The molecule has 2 aromatic heterocycles. The van der Waals surface area contributed by atoms with E-state index in [-0.39, 0.29) is 0 Å². The van der Waals surface area contributed by atoms with E-state index in [4.69, 9.17) is 0 Å². The van der Waals surface area contributed by atoms with Gasteiger partial charge < -0.3 is 0 Å². The number of aromatic nitrogens is 2. The summed E-state index contributed by atoms with van der Waals surface area (Å²) in [6, 6.07) is 6.32. The zero-order valence-electron chi connectivity index (χ0n) is 8.99. The Labute approximate surface area is 84.6 Å².